The average Bonchev–Trinajstić information content (AvgIpc) is 2.29. The van der Waals surface area contributed by atoms with Gasteiger partial charge in [0.15, 0.2) is 0 Å². The van der Waals surface area contributed by atoms with Crippen molar-refractivity contribution in [1.29, 1.82) is 5.26 Å². The van der Waals surface area contributed by atoms with Crippen molar-refractivity contribution in [1.82, 2.24) is 4.90 Å². The van der Waals surface area contributed by atoms with Crippen LogP contribution < -0.4 is 0 Å². The van der Waals surface area contributed by atoms with Crippen LogP contribution in [-0.4, -0.2) is 23.9 Å². The molecule has 0 bridgehead atoms. The molecule has 0 aliphatic heterocycles. The van der Waals surface area contributed by atoms with E-state index in [-0.39, 0.29) is 5.91 Å². The highest BCUT2D eigenvalue weighted by Crippen LogP contribution is 2.17. The number of nitriles is 1. The highest BCUT2D eigenvalue weighted by Gasteiger charge is 2.18. The number of nitrogens with zero attached hydrogens (tertiary/aromatic N) is 2. The number of benzene rings is 1. The lowest BCUT2D eigenvalue weighted by molar-refractivity contribution is 0.0772. The highest BCUT2D eigenvalue weighted by atomic mass is 35.5. The van der Waals surface area contributed by atoms with Gasteiger partial charge in [0.1, 0.15) is 6.04 Å². The molecule has 1 aromatic carbocycles. The minimum atomic E-state index is -0.453. The summed E-state index contributed by atoms with van der Waals surface area (Å²) in [4.78, 5) is 13.4. The Balaban J connectivity index is 3.06. The zero-order valence-electron chi connectivity index (χ0n) is 9.49. The average molecular weight is 237 g/mol. The second-order valence-electron chi connectivity index (χ2n) is 3.68. The van der Waals surface area contributed by atoms with Crippen molar-refractivity contribution < 1.29 is 4.79 Å². The van der Waals surface area contributed by atoms with Gasteiger partial charge in [0, 0.05) is 17.6 Å². The molecule has 0 aromatic heterocycles. The minimum absolute atomic E-state index is 0.186. The zero-order valence-corrected chi connectivity index (χ0v) is 10.2. The number of aryl methyl sites for hydroxylation is 1. The topological polar surface area (TPSA) is 44.1 Å². The SMILES string of the molecule is Cc1ccc(Cl)cc1C(=O)N(C)C(C)C#N. The molecule has 0 N–H and O–H groups in total. The van der Waals surface area contributed by atoms with E-state index in [0.717, 1.165) is 5.56 Å². The monoisotopic (exact) mass is 236 g/mol. The molecule has 0 spiro atoms. The van der Waals surface area contributed by atoms with Crippen molar-refractivity contribution in [3.05, 3.63) is 34.3 Å². The fourth-order valence-electron chi connectivity index (χ4n) is 1.28. The van der Waals surface area contributed by atoms with Crippen molar-refractivity contribution >= 4 is 17.5 Å². The lowest BCUT2D eigenvalue weighted by Crippen LogP contribution is -2.34. The molecule has 0 aliphatic carbocycles. The Labute approximate surface area is 100 Å². The van der Waals surface area contributed by atoms with Crippen LogP contribution in [-0.2, 0) is 0 Å². The third-order valence-electron chi connectivity index (χ3n) is 2.52. The number of hydrogen-bond acceptors (Lipinski definition) is 2. The molecule has 1 unspecified atom stereocenters. The molecule has 0 fully saturated rings. The first-order valence-corrected chi connectivity index (χ1v) is 5.28. The summed E-state index contributed by atoms with van der Waals surface area (Å²) in [7, 11) is 1.61. The van der Waals surface area contributed by atoms with Gasteiger partial charge in [0.2, 0.25) is 0 Å². The van der Waals surface area contributed by atoms with Crippen LogP contribution in [0.25, 0.3) is 0 Å². The molecule has 1 rings (SSSR count). The first kappa shape index (κ1) is 12.5. The van der Waals surface area contributed by atoms with Crippen LogP contribution in [0, 0.1) is 18.3 Å². The number of rotatable bonds is 2. The van der Waals surface area contributed by atoms with Gasteiger partial charge < -0.3 is 4.90 Å². The Morgan fingerprint density at radius 3 is 2.75 bits per heavy atom. The van der Waals surface area contributed by atoms with E-state index in [1.165, 1.54) is 4.90 Å². The van der Waals surface area contributed by atoms with Crippen LogP contribution >= 0.6 is 11.6 Å². The predicted octanol–water partition coefficient (Wildman–Crippen LogP) is 2.63. The van der Waals surface area contributed by atoms with Crippen molar-refractivity contribution in [2.24, 2.45) is 0 Å². The Morgan fingerprint density at radius 2 is 2.19 bits per heavy atom. The van der Waals surface area contributed by atoms with Gasteiger partial charge in [-0.05, 0) is 31.5 Å². The highest BCUT2D eigenvalue weighted by molar-refractivity contribution is 6.31. The van der Waals surface area contributed by atoms with Crippen LogP contribution in [0.4, 0.5) is 0 Å². The quantitative estimate of drug-likeness (QED) is 0.792. The van der Waals surface area contributed by atoms with Crippen molar-refractivity contribution in [2.45, 2.75) is 19.9 Å². The predicted molar refractivity (Wildman–Crippen MR) is 63.4 cm³/mol. The van der Waals surface area contributed by atoms with E-state index in [1.54, 1.807) is 32.2 Å². The lowest BCUT2D eigenvalue weighted by Gasteiger charge is -2.20. The Bertz CT molecular complexity index is 451. The van der Waals surface area contributed by atoms with Crippen LogP contribution in [0.5, 0.6) is 0 Å². The van der Waals surface area contributed by atoms with Gasteiger partial charge in [-0.1, -0.05) is 17.7 Å². The summed E-state index contributed by atoms with van der Waals surface area (Å²) in [6.45, 7) is 3.52. The molecule has 0 aliphatic rings. The summed E-state index contributed by atoms with van der Waals surface area (Å²) in [5.74, 6) is -0.186. The first-order chi connectivity index (χ1) is 7.47. The summed E-state index contributed by atoms with van der Waals surface area (Å²) in [5.41, 5.74) is 1.39. The zero-order chi connectivity index (χ0) is 12.3. The number of carbonyl (C=O) groups excluding carboxylic acids is 1. The van der Waals surface area contributed by atoms with Gasteiger partial charge >= 0.3 is 0 Å². The third kappa shape index (κ3) is 2.53. The van der Waals surface area contributed by atoms with E-state index in [0.29, 0.717) is 10.6 Å². The number of hydrogen-bond donors (Lipinski definition) is 0. The third-order valence-corrected chi connectivity index (χ3v) is 2.75. The largest absolute Gasteiger partial charge is 0.326 e. The van der Waals surface area contributed by atoms with Gasteiger partial charge in [-0.3, -0.25) is 4.79 Å². The maximum atomic E-state index is 12.0. The van der Waals surface area contributed by atoms with Gasteiger partial charge in [-0.2, -0.15) is 5.26 Å². The van der Waals surface area contributed by atoms with Crippen LogP contribution in [0.2, 0.25) is 5.02 Å². The summed E-state index contributed by atoms with van der Waals surface area (Å²) >= 11 is 5.84. The lowest BCUT2D eigenvalue weighted by atomic mass is 10.1. The summed E-state index contributed by atoms with van der Waals surface area (Å²) in [5, 5.41) is 9.28. The van der Waals surface area contributed by atoms with E-state index < -0.39 is 6.04 Å². The molecule has 4 heteroatoms. The maximum absolute atomic E-state index is 12.0. The van der Waals surface area contributed by atoms with Crippen LogP contribution in [0.3, 0.4) is 0 Å². The van der Waals surface area contributed by atoms with Crippen molar-refractivity contribution in [3.63, 3.8) is 0 Å². The second kappa shape index (κ2) is 5.00. The fraction of sp³-hybridized carbons (Fsp3) is 0.333. The Hall–Kier alpha value is -1.53. The molecule has 3 nitrogen and oxygen atoms in total. The number of carbonyl (C=O) groups is 1. The molecule has 0 radical (unpaired) electrons. The van der Waals surface area contributed by atoms with E-state index in [1.807, 2.05) is 13.0 Å². The van der Waals surface area contributed by atoms with Gasteiger partial charge in [0.05, 0.1) is 6.07 Å². The first-order valence-electron chi connectivity index (χ1n) is 4.90. The maximum Gasteiger partial charge on any atom is 0.254 e. The molecule has 1 amide bonds. The van der Waals surface area contributed by atoms with Crippen LogP contribution in [0.15, 0.2) is 18.2 Å². The van der Waals surface area contributed by atoms with E-state index in [4.69, 9.17) is 16.9 Å². The van der Waals surface area contributed by atoms with Crippen molar-refractivity contribution in [2.75, 3.05) is 7.05 Å². The molecular weight excluding hydrogens is 224 g/mol. The molecule has 0 heterocycles. The Kier molecular flexibility index (Phi) is 3.92. The van der Waals surface area contributed by atoms with Gasteiger partial charge in [-0.25, -0.2) is 0 Å². The van der Waals surface area contributed by atoms with E-state index in [9.17, 15) is 4.79 Å². The van der Waals surface area contributed by atoms with E-state index >= 15 is 0 Å². The summed E-state index contributed by atoms with van der Waals surface area (Å²) < 4.78 is 0. The second-order valence-corrected chi connectivity index (χ2v) is 4.12. The molecule has 0 saturated heterocycles. The molecular formula is C12H13ClN2O. The minimum Gasteiger partial charge on any atom is -0.326 e. The standard InChI is InChI=1S/C12H13ClN2O/c1-8-4-5-10(13)6-11(8)12(16)15(3)9(2)7-14/h4-6,9H,1-3H3. The van der Waals surface area contributed by atoms with E-state index in [2.05, 4.69) is 0 Å². The Morgan fingerprint density at radius 1 is 1.56 bits per heavy atom. The molecule has 16 heavy (non-hydrogen) atoms. The summed E-state index contributed by atoms with van der Waals surface area (Å²) in [6.07, 6.45) is 0. The fourth-order valence-corrected chi connectivity index (χ4v) is 1.45. The molecule has 0 saturated carbocycles. The number of halogens is 1. The summed E-state index contributed by atoms with van der Waals surface area (Å²) in [6, 6.07) is 6.72. The van der Waals surface area contributed by atoms with Crippen molar-refractivity contribution in [3.8, 4) is 6.07 Å². The van der Waals surface area contributed by atoms with Gasteiger partial charge in [0.25, 0.3) is 5.91 Å². The normalized spacial score (nSPS) is 11.7. The molecule has 1 atom stereocenters. The number of amides is 1. The molecule has 1 aromatic rings. The molecule has 84 valence electrons. The smallest absolute Gasteiger partial charge is 0.254 e. The van der Waals surface area contributed by atoms with Gasteiger partial charge in [-0.15, -0.1) is 0 Å². The van der Waals surface area contributed by atoms with Crippen LogP contribution in [0.1, 0.15) is 22.8 Å².